The molecule has 0 aliphatic carbocycles. The average molecular weight is 355 g/mol. The molecule has 104 valence electrons. The van der Waals surface area contributed by atoms with Gasteiger partial charge in [-0.25, -0.2) is 4.79 Å². The van der Waals surface area contributed by atoms with Gasteiger partial charge in [-0.1, -0.05) is 22.0 Å². The normalized spacial score (nSPS) is 13.1. The van der Waals surface area contributed by atoms with Crippen molar-refractivity contribution in [3.63, 3.8) is 0 Å². The quantitative estimate of drug-likeness (QED) is 0.789. The molecule has 20 heavy (non-hydrogen) atoms. The molecule has 0 radical (unpaired) electrons. The standard InChI is InChI=1S/C14H11BrO4S/c15-10-7-12-11(17-3-4-18-12)6-9(10)8-19-14(16)13-2-1-5-20-13/h1-2,5-7H,3-4,8H2. The van der Waals surface area contributed by atoms with Gasteiger partial charge < -0.3 is 14.2 Å². The highest BCUT2D eigenvalue weighted by molar-refractivity contribution is 9.10. The van der Waals surface area contributed by atoms with Crippen molar-refractivity contribution in [2.75, 3.05) is 13.2 Å². The van der Waals surface area contributed by atoms with Crippen LogP contribution in [-0.4, -0.2) is 19.2 Å². The minimum Gasteiger partial charge on any atom is -0.486 e. The molecule has 1 aromatic heterocycles. The monoisotopic (exact) mass is 354 g/mol. The molecule has 2 aromatic rings. The van der Waals surface area contributed by atoms with E-state index < -0.39 is 0 Å². The second-order valence-electron chi connectivity index (χ2n) is 4.14. The lowest BCUT2D eigenvalue weighted by Crippen LogP contribution is -2.15. The summed E-state index contributed by atoms with van der Waals surface area (Å²) in [6, 6.07) is 7.23. The summed E-state index contributed by atoms with van der Waals surface area (Å²) in [5, 5.41) is 1.84. The summed E-state index contributed by atoms with van der Waals surface area (Å²) in [6.45, 7) is 1.27. The molecule has 6 heteroatoms. The van der Waals surface area contributed by atoms with Gasteiger partial charge in [0, 0.05) is 10.0 Å². The summed E-state index contributed by atoms with van der Waals surface area (Å²) >= 11 is 4.81. The van der Waals surface area contributed by atoms with Gasteiger partial charge in [-0.15, -0.1) is 11.3 Å². The molecule has 0 amide bonds. The number of thiophene rings is 1. The first-order chi connectivity index (χ1) is 9.74. The lowest BCUT2D eigenvalue weighted by Gasteiger charge is -2.19. The number of rotatable bonds is 3. The van der Waals surface area contributed by atoms with E-state index in [1.54, 1.807) is 6.07 Å². The average Bonchev–Trinajstić information content (AvgIpc) is 2.99. The molecule has 0 bridgehead atoms. The van der Waals surface area contributed by atoms with Crippen LogP contribution < -0.4 is 9.47 Å². The lowest BCUT2D eigenvalue weighted by atomic mass is 10.2. The first kappa shape index (κ1) is 13.5. The van der Waals surface area contributed by atoms with Gasteiger partial charge in [0.1, 0.15) is 24.7 Å². The van der Waals surface area contributed by atoms with Gasteiger partial charge >= 0.3 is 5.97 Å². The van der Waals surface area contributed by atoms with Crippen molar-refractivity contribution >= 4 is 33.2 Å². The number of carbonyl (C=O) groups is 1. The zero-order valence-corrected chi connectivity index (χ0v) is 12.8. The topological polar surface area (TPSA) is 44.8 Å². The van der Waals surface area contributed by atoms with Crippen LogP contribution in [0.15, 0.2) is 34.1 Å². The van der Waals surface area contributed by atoms with Gasteiger partial charge in [-0.05, 0) is 23.6 Å². The van der Waals surface area contributed by atoms with Crippen LogP contribution in [0.25, 0.3) is 0 Å². The first-order valence-electron chi connectivity index (χ1n) is 6.02. The fourth-order valence-electron chi connectivity index (χ4n) is 1.83. The fraction of sp³-hybridized carbons (Fsp3) is 0.214. The Labute approximate surface area is 128 Å². The highest BCUT2D eigenvalue weighted by atomic mass is 79.9. The Hall–Kier alpha value is -1.53. The molecule has 4 nitrogen and oxygen atoms in total. The van der Waals surface area contributed by atoms with Crippen molar-refractivity contribution in [2.45, 2.75) is 6.61 Å². The molecular weight excluding hydrogens is 344 g/mol. The van der Waals surface area contributed by atoms with E-state index in [1.165, 1.54) is 11.3 Å². The second kappa shape index (κ2) is 5.85. The summed E-state index contributed by atoms with van der Waals surface area (Å²) in [6.07, 6.45) is 0. The van der Waals surface area contributed by atoms with Crippen LogP contribution in [0, 0.1) is 0 Å². The van der Waals surface area contributed by atoms with Crippen LogP contribution in [0.3, 0.4) is 0 Å². The van der Waals surface area contributed by atoms with E-state index in [9.17, 15) is 4.79 Å². The molecule has 2 heterocycles. The molecule has 0 atom stereocenters. The second-order valence-corrected chi connectivity index (χ2v) is 5.94. The van der Waals surface area contributed by atoms with Crippen LogP contribution >= 0.6 is 27.3 Å². The van der Waals surface area contributed by atoms with Crippen molar-refractivity contribution in [3.8, 4) is 11.5 Å². The summed E-state index contributed by atoms with van der Waals surface area (Å²) in [7, 11) is 0. The predicted octanol–water partition coefficient (Wildman–Crippen LogP) is 3.64. The maximum Gasteiger partial charge on any atom is 0.348 e. The van der Waals surface area contributed by atoms with Gasteiger partial charge in [-0.3, -0.25) is 0 Å². The summed E-state index contributed by atoms with van der Waals surface area (Å²) in [4.78, 5) is 12.4. The lowest BCUT2D eigenvalue weighted by molar-refractivity contribution is 0.0477. The molecule has 0 spiro atoms. The van der Waals surface area contributed by atoms with Crippen molar-refractivity contribution in [1.29, 1.82) is 0 Å². The molecule has 0 N–H and O–H groups in total. The maximum absolute atomic E-state index is 11.8. The Kier molecular flexibility index (Phi) is 3.93. The van der Waals surface area contributed by atoms with Crippen molar-refractivity contribution in [2.24, 2.45) is 0 Å². The predicted molar refractivity (Wildman–Crippen MR) is 78.6 cm³/mol. The SMILES string of the molecule is O=C(OCc1cc2c(cc1Br)OCCO2)c1cccs1. The fourth-order valence-corrected chi connectivity index (χ4v) is 2.88. The molecule has 0 saturated carbocycles. The Morgan fingerprint density at radius 3 is 2.75 bits per heavy atom. The third-order valence-electron chi connectivity index (χ3n) is 2.79. The Morgan fingerprint density at radius 2 is 2.05 bits per heavy atom. The van der Waals surface area contributed by atoms with E-state index in [-0.39, 0.29) is 12.6 Å². The van der Waals surface area contributed by atoms with Gasteiger partial charge in [0.25, 0.3) is 0 Å². The van der Waals surface area contributed by atoms with Crippen LogP contribution in [0.2, 0.25) is 0 Å². The number of carbonyl (C=O) groups excluding carboxylic acids is 1. The van der Waals surface area contributed by atoms with E-state index in [4.69, 9.17) is 14.2 Å². The maximum atomic E-state index is 11.8. The van der Waals surface area contributed by atoms with E-state index in [0.29, 0.717) is 29.6 Å². The van der Waals surface area contributed by atoms with Crippen LogP contribution in [-0.2, 0) is 11.3 Å². The largest absolute Gasteiger partial charge is 0.486 e. The summed E-state index contributed by atoms with van der Waals surface area (Å²) < 4.78 is 17.1. The minimum atomic E-state index is -0.318. The molecule has 0 saturated heterocycles. The molecule has 1 aromatic carbocycles. The smallest absolute Gasteiger partial charge is 0.348 e. The number of halogens is 1. The summed E-state index contributed by atoms with van der Waals surface area (Å²) in [5.74, 6) is 1.07. The van der Waals surface area contributed by atoms with Gasteiger partial charge in [0.05, 0.1) is 0 Å². The zero-order valence-electron chi connectivity index (χ0n) is 10.4. The van der Waals surface area contributed by atoms with E-state index >= 15 is 0 Å². The highest BCUT2D eigenvalue weighted by Gasteiger charge is 2.16. The van der Waals surface area contributed by atoms with Crippen LogP contribution in [0.4, 0.5) is 0 Å². The number of esters is 1. The summed E-state index contributed by atoms with van der Waals surface area (Å²) in [5.41, 5.74) is 0.846. The molecule has 0 unspecified atom stereocenters. The van der Waals surface area contributed by atoms with Gasteiger partial charge in [-0.2, -0.15) is 0 Å². The van der Waals surface area contributed by atoms with E-state index in [1.807, 2.05) is 23.6 Å². The number of hydrogen-bond donors (Lipinski definition) is 0. The molecule has 1 aliphatic rings. The third kappa shape index (κ3) is 2.81. The van der Waals surface area contributed by atoms with Gasteiger partial charge in [0.2, 0.25) is 0 Å². The van der Waals surface area contributed by atoms with Crippen LogP contribution in [0.1, 0.15) is 15.2 Å². The van der Waals surface area contributed by atoms with Crippen LogP contribution in [0.5, 0.6) is 11.5 Å². The minimum absolute atomic E-state index is 0.188. The van der Waals surface area contributed by atoms with E-state index in [0.717, 1.165) is 10.0 Å². The Morgan fingerprint density at radius 1 is 1.30 bits per heavy atom. The third-order valence-corrected chi connectivity index (χ3v) is 4.38. The Bertz CT molecular complexity index is 624. The molecule has 3 rings (SSSR count). The number of hydrogen-bond acceptors (Lipinski definition) is 5. The molecule has 1 aliphatic heterocycles. The van der Waals surface area contributed by atoms with Crippen molar-refractivity contribution in [3.05, 3.63) is 44.6 Å². The number of ether oxygens (including phenoxy) is 3. The Balaban J connectivity index is 1.73. The van der Waals surface area contributed by atoms with E-state index in [2.05, 4.69) is 15.9 Å². The molecular formula is C14H11BrO4S. The van der Waals surface area contributed by atoms with Gasteiger partial charge in [0.15, 0.2) is 11.5 Å². The number of fused-ring (bicyclic) bond motifs is 1. The first-order valence-corrected chi connectivity index (χ1v) is 7.70. The van der Waals surface area contributed by atoms with Crippen molar-refractivity contribution in [1.82, 2.24) is 0 Å². The van der Waals surface area contributed by atoms with Crippen molar-refractivity contribution < 1.29 is 19.0 Å². The number of benzene rings is 1. The zero-order chi connectivity index (χ0) is 13.9. The molecule has 0 fully saturated rings. The highest BCUT2D eigenvalue weighted by Crippen LogP contribution is 2.35.